The fourth-order valence-electron chi connectivity index (χ4n) is 1.07. The van der Waals surface area contributed by atoms with E-state index in [1.807, 2.05) is 12.3 Å². The van der Waals surface area contributed by atoms with E-state index >= 15 is 0 Å². The first-order chi connectivity index (χ1) is 6.36. The predicted octanol–water partition coefficient (Wildman–Crippen LogP) is 2.19. The number of aromatic nitrogens is 1. The maximum atomic E-state index is 5.76. The number of halogens is 1. The van der Waals surface area contributed by atoms with Crippen LogP contribution in [0.3, 0.4) is 0 Å². The van der Waals surface area contributed by atoms with Gasteiger partial charge in [0.2, 0.25) is 0 Å². The third-order valence-corrected chi connectivity index (χ3v) is 2.37. The molecule has 0 aliphatic heterocycles. The van der Waals surface area contributed by atoms with Gasteiger partial charge in [0, 0.05) is 30.9 Å². The van der Waals surface area contributed by atoms with Crippen LogP contribution < -0.4 is 5.32 Å². The minimum absolute atomic E-state index is 0.405. The normalized spacial score (nSPS) is 12.8. The van der Waals surface area contributed by atoms with Crippen LogP contribution in [0.25, 0.3) is 0 Å². The quantitative estimate of drug-likeness (QED) is 0.734. The standard InChI is InChI=1S/C10H15ClN2/c1-2-10(6-11)13-8-9-4-3-5-12-7-9/h3-5,7,10,13H,2,6,8H2,1H3. The van der Waals surface area contributed by atoms with Crippen molar-refractivity contribution < 1.29 is 0 Å². The Hall–Kier alpha value is -0.600. The first kappa shape index (κ1) is 10.5. The first-order valence-electron chi connectivity index (χ1n) is 4.55. The van der Waals surface area contributed by atoms with Crippen molar-refractivity contribution in [3.05, 3.63) is 30.1 Å². The molecule has 0 aromatic carbocycles. The Kier molecular flexibility index (Phi) is 4.79. The summed E-state index contributed by atoms with van der Waals surface area (Å²) in [6, 6.07) is 4.40. The molecule has 72 valence electrons. The van der Waals surface area contributed by atoms with Gasteiger partial charge < -0.3 is 5.32 Å². The highest BCUT2D eigenvalue weighted by Crippen LogP contribution is 1.99. The van der Waals surface area contributed by atoms with Crippen molar-refractivity contribution in [2.24, 2.45) is 0 Å². The van der Waals surface area contributed by atoms with Gasteiger partial charge >= 0.3 is 0 Å². The Morgan fingerprint density at radius 3 is 3.00 bits per heavy atom. The van der Waals surface area contributed by atoms with E-state index < -0.39 is 0 Å². The van der Waals surface area contributed by atoms with Gasteiger partial charge in [-0.2, -0.15) is 0 Å². The number of alkyl halides is 1. The highest BCUT2D eigenvalue weighted by molar-refractivity contribution is 6.18. The second-order valence-electron chi connectivity index (χ2n) is 3.00. The monoisotopic (exact) mass is 198 g/mol. The lowest BCUT2D eigenvalue weighted by atomic mass is 10.2. The average molecular weight is 199 g/mol. The van der Waals surface area contributed by atoms with Crippen molar-refractivity contribution in [2.75, 3.05) is 5.88 Å². The van der Waals surface area contributed by atoms with E-state index in [9.17, 15) is 0 Å². The molecule has 1 aromatic heterocycles. The summed E-state index contributed by atoms with van der Waals surface area (Å²) in [7, 11) is 0. The third kappa shape index (κ3) is 3.75. The Morgan fingerprint density at radius 1 is 1.62 bits per heavy atom. The van der Waals surface area contributed by atoms with Crippen molar-refractivity contribution in [1.29, 1.82) is 0 Å². The molecule has 0 amide bonds. The lowest BCUT2D eigenvalue weighted by Crippen LogP contribution is -2.29. The van der Waals surface area contributed by atoms with E-state index in [0.29, 0.717) is 11.9 Å². The summed E-state index contributed by atoms with van der Waals surface area (Å²) >= 11 is 5.76. The Morgan fingerprint density at radius 2 is 2.46 bits per heavy atom. The molecule has 13 heavy (non-hydrogen) atoms. The molecule has 0 radical (unpaired) electrons. The molecule has 0 saturated carbocycles. The maximum Gasteiger partial charge on any atom is 0.0377 e. The van der Waals surface area contributed by atoms with Crippen LogP contribution in [0, 0.1) is 0 Å². The topological polar surface area (TPSA) is 24.9 Å². The molecule has 0 bridgehead atoms. The summed E-state index contributed by atoms with van der Waals surface area (Å²) in [6.07, 6.45) is 4.71. The molecule has 0 saturated heterocycles. The smallest absolute Gasteiger partial charge is 0.0377 e. The van der Waals surface area contributed by atoms with Crippen molar-refractivity contribution in [2.45, 2.75) is 25.9 Å². The van der Waals surface area contributed by atoms with Gasteiger partial charge in [0.25, 0.3) is 0 Å². The molecule has 1 N–H and O–H groups in total. The summed E-state index contributed by atoms with van der Waals surface area (Å²) in [5.74, 6) is 0.663. The van der Waals surface area contributed by atoms with Gasteiger partial charge in [-0.3, -0.25) is 4.98 Å². The summed E-state index contributed by atoms with van der Waals surface area (Å²) in [5, 5.41) is 3.36. The van der Waals surface area contributed by atoms with Crippen LogP contribution in [0.2, 0.25) is 0 Å². The fourth-order valence-corrected chi connectivity index (χ4v) is 1.40. The lowest BCUT2D eigenvalue weighted by Gasteiger charge is -2.12. The number of pyridine rings is 1. The van der Waals surface area contributed by atoms with E-state index in [-0.39, 0.29) is 0 Å². The zero-order valence-electron chi connectivity index (χ0n) is 7.83. The van der Waals surface area contributed by atoms with Crippen molar-refractivity contribution in [1.82, 2.24) is 10.3 Å². The van der Waals surface area contributed by atoms with Crippen LogP contribution in [0.1, 0.15) is 18.9 Å². The summed E-state index contributed by atoms with van der Waals surface area (Å²) in [5.41, 5.74) is 1.20. The lowest BCUT2D eigenvalue weighted by molar-refractivity contribution is 0.538. The Bertz CT molecular complexity index is 222. The van der Waals surface area contributed by atoms with Crippen LogP contribution >= 0.6 is 11.6 Å². The van der Waals surface area contributed by atoms with Crippen LogP contribution in [-0.4, -0.2) is 16.9 Å². The van der Waals surface area contributed by atoms with Gasteiger partial charge in [-0.15, -0.1) is 11.6 Å². The number of nitrogens with zero attached hydrogens (tertiary/aromatic N) is 1. The summed E-state index contributed by atoms with van der Waals surface area (Å²) in [6.45, 7) is 2.97. The minimum Gasteiger partial charge on any atom is -0.309 e. The predicted molar refractivity (Wildman–Crippen MR) is 55.9 cm³/mol. The number of nitrogens with one attached hydrogen (secondary N) is 1. The van der Waals surface area contributed by atoms with Crippen molar-refractivity contribution in [3.63, 3.8) is 0 Å². The SMILES string of the molecule is CCC(CCl)NCc1cccnc1. The molecule has 0 spiro atoms. The van der Waals surface area contributed by atoms with Gasteiger partial charge in [-0.1, -0.05) is 13.0 Å². The van der Waals surface area contributed by atoms with Gasteiger partial charge in [0.05, 0.1) is 0 Å². The Balaban J connectivity index is 2.34. The highest BCUT2D eigenvalue weighted by atomic mass is 35.5. The minimum atomic E-state index is 0.405. The molecule has 1 aromatic rings. The molecular weight excluding hydrogens is 184 g/mol. The van der Waals surface area contributed by atoms with Crippen LogP contribution in [-0.2, 0) is 6.54 Å². The first-order valence-corrected chi connectivity index (χ1v) is 5.08. The van der Waals surface area contributed by atoms with Gasteiger partial charge in [-0.25, -0.2) is 0 Å². The van der Waals surface area contributed by atoms with E-state index in [1.54, 1.807) is 6.20 Å². The fraction of sp³-hybridized carbons (Fsp3) is 0.500. The average Bonchev–Trinajstić information content (AvgIpc) is 2.21. The number of rotatable bonds is 5. The summed E-state index contributed by atoms with van der Waals surface area (Å²) in [4.78, 5) is 4.04. The molecule has 0 fully saturated rings. The molecule has 1 unspecified atom stereocenters. The van der Waals surface area contributed by atoms with Gasteiger partial charge in [0.15, 0.2) is 0 Å². The largest absolute Gasteiger partial charge is 0.309 e. The number of hydrogen-bond donors (Lipinski definition) is 1. The van der Waals surface area contributed by atoms with Crippen molar-refractivity contribution in [3.8, 4) is 0 Å². The summed E-state index contributed by atoms with van der Waals surface area (Å²) < 4.78 is 0. The van der Waals surface area contributed by atoms with Crippen LogP contribution in [0.15, 0.2) is 24.5 Å². The number of hydrogen-bond acceptors (Lipinski definition) is 2. The maximum absolute atomic E-state index is 5.76. The molecule has 1 atom stereocenters. The zero-order chi connectivity index (χ0) is 9.52. The molecule has 1 rings (SSSR count). The van der Waals surface area contributed by atoms with E-state index in [0.717, 1.165) is 13.0 Å². The van der Waals surface area contributed by atoms with Gasteiger partial charge in [-0.05, 0) is 18.1 Å². The molecule has 2 nitrogen and oxygen atoms in total. The molecular formula is C10H15ClN2. The van der Waals surface area contributed by atoms with Crippen LogP contribution in [0.4, 0.5) is 0 Å². The van der Waals surface area contributed by atoms with Crippen molar-refractivity contribution >= 4 is 11.6 Å². The van der Waals surface area contributed by atoms with Gasteiger partial charge in [0.1, 0.15) is 0 Å². The van der Waals surface area contributed by atoms with Crippen LogP contribution in [0.5, 0.6) is 0 Å². The van der Waals surface area contributed by atoms with E-state index in [4.69, 9.17) is 11.6 Å². The highest BCUT2D eigenvalue weighted by Gasteiger charge is 2.02. The third-order valence-electron chi connectivity index (χ3n) is 2.00. The molecule has 0 aliphatic rings. The second kappa shape index (κ2) is 5.95. The van der Waals surface area contributed by atoms with E-state index in [2.05, 4.69) is 23.3 Å². The van der Waals surface area contributed by atoms with E-state index in [1.165, 1.54) is 5.56 Å². The Labute approximate surface area is 84.3 Å². The second-order valence-corrected chi connectivity index (χ2v) is 3.31. The molecule has 0 aliphatic carbocycles. The molecule has 1 heterocycles. The molecule has 3 heteroatoms. The zero-order valence-corrected chi connectivity index (χ0v) is 8.59.